The van der Waals surface area contributed by atoms with Crippen molar-refractivity contribution in [3.05, 3.63) is 35.5 Å². The molecule has 1 unspecified atom stereocenters. The minimum Gasteiger partial charge on any atom is -0.478 e. The summed E-state index contributed by atoms with van der Waals surface area (Å²) in [5.74, 6) is -0.788. The molecule has 1 aliphatic rings. The monoisotopic (exact) mass is 234 g/mol. The molecule has 1 atom stereocenters. The van der Waals surface area contributed by atoms with Crippen LogP contribution in [-0.4, -0.2) is 11.1 Å². The lowest BCUT2D eigenvalue weighted by atomic mass is 9.88. The summed E-state index contributed by atoms with van der Waals surface area (Å²) in [5.41, 5.74) is 3.06. The highest BCUT2D eigenvalue weighted by atomic mass is 16.4. The van der Waals surface area contributed by atoms with Crippen molar-refractivity contribution in [1.29, 1.82) is 0 Å². The SMILES string of the molecule is C=C(C(=O)O)C1CC=C(C)CCC=C(C)CC1. The topological polar surface area (TPSA) is 37.3 Å². The van der Waals surface area contributed by atoms with Gasteiger partial charge in [0.1, 0.15) is 0 Å². The van der Waals surface area contributed by atoms with E-state index >= 15 is 0 Å². The highest BCUT2D eigenvalue weighted by molar-refractivity contribution is 5.86. The fourth-order valence-corrected chi connectivity index (χ4v) is 2.10. The Hall–Kier alpha value is -1.31. The first-order valence-corrected chi connectivity index (χ1v) is 6.24. The molecule has 1 N–H and O–H groups in total. The second-order valence-corrected chi connectivity index (χ2v) is 4.94. The van der Waals surface area contributed by atoms with E-state index in [1.807, 2.05) is 0 Å². The van der Waals surface area contributed by atoms with Crippen LogP contribution < -0.4 is 0 Å². The van der Waals surface area contributed by atoms with E-state index in [-0.39, 0.29) is 5.92 Å². The van der Waals surface area contributed by atoms with Gasteiger partial charge in [-0.25, -0.2) is 4.79 Å². The molecule has 1 rings (SSSR count). The third-order valence-electron chi connectivity index (χ3n) is 3.44. The number of rotatable bonds is 2. The predicted octanol–water partition coefficient (Wildman–Crippen LogP) is 4.10. The van der Waals surface area contributed by atoms with Gasteiger partial charge in [-0.15, -0.1) is 0 Å². The fraction of sp³-hybridized carbons (Fsp3) is 0.533. The van der Waals surface area contributed by atoms with E-state index in [0.29, 0.717) is 5.57 Å². The molecule has 94 valence electrons. The minimum absolute atomic E-state index is 0.0731. The number of hydrogen-bond acceptors (Lipinski definition) is 1. The lowest BCUT2D eigenvalue weighted by molar-refractivity contribution is -0.133. The highest BCUT2D eigenvalue weighted by Gasteiger charge is 2.17. The molecule has 0 aromatic heterocycles. The van der Waals surface area contributed by atoms with Crippen LogP contribution in [0.3, 0.4) is 0 Å². The van der Waals surface area contributed by atoms with Gasteiger partial charge in [0.2, 0.25) is 0 Å². The molecule has 17 heavy (non-hydrogen) atoms. The van der Waals surface area contributed by atoms with Gasteiger partial charge in [0.05, 0.1) is 0 Å². The molecule has 0 spiro atoms. The Morgan fingerprint density at radius 3 is 2.59 bits per heavy atom. The largest absolute Gasteiger partial charge is 0.478 e. The Labute approximate surface area is 104 Å². The van der Waals surface area contributed by atoms with E-state index in [9.17, 15) is 4.79 Å². The van der Waals surface area contributed by atoms with Gasteiger partial charge >= 0.3 is 5.97 Å². The third kappa shape index (κ3) is 4.59. The van der Waals surface area contributed by atoms with E-state index in [1.54, 1.807) is 0 Å². The molecule has 2 nitrogen and oxygen atoms in total. The zero-order valence-electron chi connectivity index (χ0n) is 10.8. The van der Waals surface area contributed by atoms with Crippen LogP contribution in [0.5, 0.6) is 0 Å². The van der Waals surface area contributed by atoms with E-state index < -0.39 is 5.97 Å². The molecule has 0 aliphatic heterocycles. The summed E-state index contributed by atoms with van der Waals surface area (Å²) in [7, 11) is 0. The summed E-state index contributed by atoms with van der Waals surface area (Å²) in [6.45, 7) is 7.95. The lowest BCUT2D eigenvalue weighted by Crippen LogP contribution is -2.12. The van der Waals surface area contributed by atoms with Crippen LogP contribution in [0.4, 0.5) is 0 Å². The molecule has 0 saturated heterocycles. The Morgan fingerprint density at radius 1 is 1.29 bits per heavy atom. The maximum absolute atomic E-state index is 11.0. The average molecular weight is 234 g/mol. The molecular formula is C15H22O2. The summed E-state index contributed by atoms with van der Waals surface area (Å²) in [5, 5.41) is 9.02. The molecule has 0 saturated carbocycles. The van der Waals surface area contributed by atoms with Crippen LogP contribution in [0.1, 0.15) is 46.0 Å². The van der Waals surface area contributed by atoms with Gasteiger partial charge in [0.15, 0.2) is 0 Å². The van der Waals surface area contributed by atoms with Crippen LogP contribution in [0.15, 0.2) is 35.5 Å². The molecule has 0 fully saturated rings. The van der Waals surface area contributed by atoms with Crippen LogP contribution >= 0.6 is 0 Å². The lowest BCUT2D eigenvalue weighted by Gasteiger charge is -2.17. The summed E-state index contributed by atoms with van der Waals surface area (Å²) < 4.78 is 0. The van der Waals surface area contributed by atoms with Crippen molar-refractivity contribution in [3.63, 3.8) is 0 Å². The first kappa shape index (κ1) is 13.8. The Morgan fingerprint density at radius 2 is 1.94 bits per heavy atom. The van der Waals surface area contributed by atoms with Crippen molar-refractivity contribution < 1.29 is 9.90 Å². The summed E-state index contributed by atoms with van der Waals surface area (Å²) >= 11 is 0. The smallest absolute Gasteiger partial charge is 0.331 e. The van der Waals surface area contributed by atoms with E-state index in [4.69, 9.17) is 5.11 Å². The first-order valence-electron chi connectivity index (χ1n) is 6.24. The number of allylic oxidation sites excluding steroid dienone is 4. The van der Waals surface area contributed by atoms with Crippen molar-refractivity contribution in [2.75, 3.05) is 0 Å². The number of carboxylic acids is 1. The standard InChI is InChI=1S/C15H22O2/c1-11-5-4-6-12(2)8-10-14(9-7-11)13(3)15(16)17/h5,8,14H,3-4,6-7,9-10H2,1-2H3,(H,16,17). The van der Waals surface area contributed by atoms with E-state index in [0.717, 1.165) is 32.1 Å². The van der Waals surface area contributed by atoms with Crippen LogP contribution in [0, 0.1) is 5.92 Å². The van der Waals surface area contributed by atoms with Crippen molar-refractivity contribution in [2.45, 2.75) is 46.0 Å². The molecule has 0 amide bonds. The quantitative estimate of drug-likeness (QED) is 0.577. The zero-order valence-corrected chi connectivity index (χ0v) is 10.8. The van der Waals surface area contributed by atoms with Gasteiger partial charge in [-0.2, -0.15) is 0 Å². The van der Waals surface area contributed by atoms with Gasteiger partial charge in [-0.1, -0.05) is 29.9 Å². The molecular weight excluding hydrogens is 212 g/mol. The van der Waals surface area contributed by atoms with E-state index in [2.05, 4.69) is 32.6 Å². The minimum atomic E-state index is -0.861. The Bertz CT molecular complexity index is 361. The second kappa shape index (κ2) is 6.43. The molecule has 1 aliphatic carbocycles. The second-order valence-electron chi connectivity index (χ2n) is 4.94. The number of hydrogen-bond donors (Lipinski definition) is 1. The van der Waals surface area contributed by atoms with Gasteiger partial charge in [0, 0.05) is 5.57 Å². The average Bonchev–Trinajstić information content (AvgIpc) is 2.28. The number of carboxylic acid groups (broad SMARTS) is 1. The summed E-state index contributed by atoms with van der Waals surface area (Å²) in [4.78, 5) is 11.0. The molecule has 0 bridgehead atoms. The van der Waals surface area contributed by atoms with Crippen LogP contribution in [-0.2, 0) is 4.79 Å². The van der Waals surface area contributed by atoms with Crippen molar-refractivity contribution in [3.8, 4) is 0 Å². The summed E-state index contributed by atoms with van der Waals surface area (Å²) in [6, 6.07) is 0. The first-order chi connectivity index (χ1) is 8.00. The van der Waals surface area contributed by atoms with Gasteiger partial charge in [-0.05, 0) is 51.9 Å². The normalized spacial score (nSPS) is 22.4. The highest BCUT2D eigenvalue weighted by Crippen LogP contribution is 2.25. The Kier molecular flexibility index (Phi) is 5.20. The van der Waals surface area contributed by atoms with Crippen molar-refractivity contribution >= 4 is 5.97 Å². The zero-order chi connectivity index (χ0) is 12.8. The maximum Gasteiger partial charge on any atom is 0.331 e. The third-order valence-corrected chi connectivity index (χ3v) is 3.44. The number of aliphatic carboxylic acids is 1. The van der Waals surface area contributed by atoms with Crippen LogP contribution in [0.2, 0.25) is 0 Å². The molecule has 0 aromatic carbocycles. The van der Waals surface area contributed by atoms with Crippen molar-refractivity contribution in [1.82, 2.24) is 0 Å². The van der Waals surface area contributed by atoms with Crippen LogP contribution in [0.25, 0.3) is 0 Å². The molecule has 0 radical (unpaired) electrons. The number of carbonyl (C=O) groups is 1. The maximum atomic E-state index is 11.0. The van der Waals surface area contributed by atoms with Gasteiger partial charge in [-0.3, -0.25) is 0 Å². The van der Waals surface area contributed by atoms with Crippen molar-refractivity contribution in [2.24, 2.45) is 5.92 Å². The molecule has 0 heterocycles. The predicted molar refractivity (Wildman–Crippen MR) is 70.9 cm³/mol. The molecule has 0 aromatic rings. The van der Waals surface area contributed by atoms with Gasteiger partial charge in [0.25, 0.3) is 0 Å². The van der Waals surface area contributed by atoms with Gasteiger partial charge < -0.3 is 5.11 Å². The fourth-order valence-electron chi connectivity index (χ4n) is 2.10. The van der Waals surface area contributed by atoms with E-state index in [1.165, 1.54) is 11.1 Å². The Balaban J connectivity index is 2.79. The summed E-state index contributed by atoms with van der Waals surface area (Å²) in [6.07, 6.45) is 9.28. The molecule has 2 heteroatoms.